The summed E-state index contributed by atoms with van der Waals surface area (Å²) in [6.07, 6.45) is 1.50. The molecule has 154 valence electrons. The van der Waals surface area contributed by atoms with E-state index in [9.17, 15) is 16.8 Å². The Labute approximate surface area is 174 Å². The highest BCUT2D eigenvalue weighted by molar-refractivity contribution is 7.89. The average Bonchev–Trinajstić information content (AvgIpc) is 3.05. The highest BCUT2D eigenvalue weighted by atomic mass is 35.5. The highest BCUT2D eigenvalue weighted by Crippen LogP contribution is 2.29. The lowest BCUT2D eigenvalue weighted by Crippen LogP contribution is -2.50. The zero-order valence-electron chi connectivity index (χ0n) is 15.3. The number of sulfonamides is 2. The molecule has 1 aromatic carbocycles. The summed E-state index contributed by atoms with van der Waals surface area (Å²) in [6, 6.07) is 4.22. The van der Waals surface area contributed by atoms with Crippen LogP contribution in [0, 0.1) is 6.92 Å². The molecule has 2 heterocycles. The fraction of sp³-hybridized carbons (Fsp3) is 0.438. The Kier molecular flexibility index (Phi) is 6.09. The lowest BCUT2D eigenvalue weighted by atomic mass is 10.4. The van der Waals surface area contributed by atoms with Gasteiger partial charge < -0.3 is 0 Å². The topological polar surface area (TPSA) is 92.6 Å². The van der Waals surface area contributed by atoms with Crippen LogP contribution in [0.25, 0.3) is 0 Å². The summed E-state index contributed by atoms with van der Waals surface area (Å²) in [5, 5.41) is 4.51. The van der Waals surface area contributed by atoms with Crippen molar-refractivity contribution in [3.63, 3.8) is 0 Å². The fourth-order valence-electron chi connectivity index (χ4n) is 3.02. The predicted molar refractivity (Wildman–Crippen MR) is 107 cm³/mol. The van der Waals surface area contributed by atoms with Crippen molar-refractivity contribution in [2.45, 2.75) is 30.2 Å². The van der Waals surface area contributed by atoms with Crippen LogP contribution in [0.2, 0.25) is 10.0 Å². The first-order valence-electron chi connectivity index (χ1n) is 8.56. The van der Waals surface area contributed by atoms with Gasteiger partial charge in [-0.1, -0.05) is 23.2 Å². The molecule has 1 aliphatic heterocycles. The maximum atomic E-state index is 12.9. The monoisotopic (exact) mass is 466 g/mol. The van der Waals surface area contributed by atoms with Crippen LogP contribution in [0.1, 0.15) is 12.6 Å². The summed E-state index contributed by atoms with van der Waals surface area (Å²) in [5.41, 5.74) is 0.419. The van der Waals surface area contributed by atoms with E-state index in [1.807, 2.05) is 6.92 Å². The number of aryl methyl sites for hydroxylation is 2. The SMILES string of the molecule is CCn1cc(S(=O)(=O)N2CCN(S(=O)(=O)c3cc(Cl)ccc3Cl)CC2)c(C)n1. The third-order valence-corrected chi connectivity index (χ3v) is 9.17. The fourth-order valence-corrected chi connectivity index (χ4v) is 6.77. The number of piperazine rings is 1. The van der Waals surface area contributed by atoms with Crippen LogP contribution in [0.3, 0.4) is 0 Å². The number of benzene rings is 1. The van der Waals surface area contributed by atoms with Crippen molar-refractivity contribution in [1.29, 1.82) is 0 Å². The van der Waals surface area contributed by atoms with Gasteiger partial charge >= 0.3 is 0 Å². The molecule has 1 fully saturated rings. The van der Waals surface area contributed by atoms with Gasteiger partial charge in [0.05, 0.1) is 10.7 Å². The molecular weight excluding hydrogens is 447 g/mol. The molecule has 0 amide bonds. The number of aromatic nitrogens is 2. The van der Waals surface area contributed by atoms with Gasteiger partial charge in [-0.2, -0.15) is 13.7 Å². The maximum absolute atomic E-state index is 12.9. The molecule has 0 spiro atoms. The quantitative estimate of drug-likeness (QED) is 0.673. The predicted octanol–water partition coefficient (Wildman–Crippen LogP) is 2.21. The van der Waals surface area contributed by atoms with Crippen LogP contribution in [0.4, 0.5) is 0 Å². The molecule has 8 nitrogen and oxygen atoms in total. The minimum Gasteiger partial charge on any atom is -0.271 e. The number of halogens is 2. The Morgan fingerprint density at radius 3 is 2.00 bits per heavy atom. The van der Waals surface area contributed by atoms with Crippen molar-refractivity contribution in [3.05, 3.63) is 40.1 Å². The Morgan fingerprint density at radius 1 is 0.964 bits per heavy atom. The van der Waals surface area contributed by atoms with E-state index in [0.717, 1.165) is 0 Å². The molecule has 12 heteroatoms. The van der Waals surface area contributed by atoms with Crippen molar-refractivity contribution in [3.8, 4) is 0 Å². The van der Waals surface area contributed by atoms with E-state index < -0.39 is 20.0 Å². The van der Waals surface area contributed by atoms with Crippen LogP contribution in [0.5, 0.6) is 0 Å². The lowest BCUT2D eigenvalue weighted by Gasteiger charge is -2.33. The number of hydrogen-bond acceptors (Lipinski definition) is 5. The summed E-state index contributed by atoms with van der Waals surface area (Å²) in [7, 11) is -7.63. The van der Waals surface area contributed by atoms with Crippen LogP contribution in [0.15, 0.2) is 34.2 Å². The van der Waals surface area contributed by atoms with Crippen LogP contribution in [-0.4, -0.2) is 61.4 Å². The zero-order valence-corrected chi connectivity index (χ0v) is 18.5. The van der Waals surface area contributed by atoms with E-state index >= 15 is 0 Å². The Balaban J connectivity index is 1.80. The molecule has 1 aromatic heterocycles. The Bertz CT molecular complexity index is 1090. The number of hydrogen-bond donors (Lipinski definition) is 0. The third-order valence-electron chi connectivity index (χ3n) is 4.55. The first-order chi connectivity index (χ1) is 13.1. The normalized spacial score (nSPS) is 17.1. The molecule has 1 aliphatic rings. The molecule has 0 atom stereocenters. The van der Waals surface area contributed by atoms with Crippen molar-refractivity contribution < 1.29 is 16.8 Å². The first kappa shape index (κ1) is 21.5. The molecule has 3 rings (SSSR count). The van der Waals surface area contributed by atoms with Gasteiger partial charge in [0.15, 0.2) is 0 Å². The van der Waals surface area contributed by atoms with E-state index in [2.05, 4.69) is 5.10 Å². The molecule has 0 radical (unpaired) electrons. The van der Waals surface area contributed by atoms with Crippen molar-refractivity contribution in [2.24, 2.45) is 0 Å². The van der Waals surface area contributed by atoms with Crippen molar-refractivity contribution in [1.82, 2.24) is 18.4 Å². The van der Waals surface area contributed by atoms with E-state index in [-0.39, 0.29) is 46.0 Å². The summed E-state index contributed by atoms with van der Waals surface area (Å²) in [6.45, 7) is 4.18. The smallest absolute Gasteiger partial charge is 0.246 e. The summed E-state index contributed by atoms with van der Waals surface area (Å²) >= 11 is 11.9. The second kappa shape index (κ2) is 7.92. The standard InChI is InChI=1S/C16H20Cl2N4O4S2/c1-3-20-11-16(12(2)19-20)28(25,26)22-8-6-21(7-9-22)27(23,24)15-10-13(17)4-5-14(15)18/h4-5,10-11H,3,6-9H2,1-2H3. The second-order valence-electron chi connectivity index (χ2n) is 6.32. The van der Waals surface area contributed by atoms with Gasteiger partial charge in [-0.3, -0.25) is 4.68 Å². The molecule has 28 heavy (non-hydrogen) atoms. The maximum Gasteiger partial charge on any atom is 0.246 e. The Morgan fingerprint density at radius 2 is 1.50 bits per heavy atom. The number of nitrogens with zero attached hydrogens (tertiary/aromatic N) is 4. The van der Waals surface area contributed by atoms with Gasteiger partial charge in [-0.05, 0) is 32.0 Å². The van der Waals surface area contributed by atoms with E-state index in [1.165, 1.54) is 33.0 Å². The van der Waals surface area contributed by atoms with Gasteiger partial charge in [0.1, 0.15) is 9.79 Å². The largest absolute Gasteiger partial charge is 0.271 e. The molecular formula is C16H20Cl2N4O4S2. The molecule has 0 aliphatic carbocycles. The van der Waals surface area contributed by atoms with Crippen LogP contribution >= 0.6 is 23.2 Å². The van der Waals surface area contributed by atoms with Gasteiger partial charge in [-0.25, -0.2) is 16.8 Å². The summed E-state index contributed by atoms with van der Waals surface area (Å²) in [4.78, 5) is 0.0570. The first-order valence-corrected chi connectivity index (χ1v) is 12.2. The molecule has 0 unspecified atom stereocenters. The Hall–Kier alpha value is -1.17. The highest BCUT2D eigenvalue weighted by Gasteiger charge is 2.35. The van der Waals surface area contributed by atoms with Gasteiger partial charge in [0.2, 0.25) is 20.0 Å². The van der Waals surface area contributed by atoms with Crippen molar-refractivity contribution >= 4 is 43.2 Å². The lowest BCUT2D eigenvalue weighted by molar-refractivity contribution is 0.272. The molecule has 0 bridgehead atoms. The molecule has 2 aromatic rings. The zero-order chi connectivity index (χ0) is 20.7. The van der Waals surface area contributed by atoms with Gasteiger partial charge in [-0.15, -0.1) is 0 Å². The van der Waals surface area contributed by atoms with Crippen LogP contribution < -0.4 is 0 Å². The van der Waals surface area contributed by atoms with Crippen molar-refractivity contribution in [2.75, 3.05) is 26.2 Å². The number of rotatable bonds is 5. The van der Waals surface area contributed by atoms with Gasteiger partial charge in [0, 0.05) is 43.9 Å². The second-order valence-corrected chi connectivity index (χ2v) is 11.0. The molecule has 0 N–H and O–H groups in total. The molecule has 1 saturated heterocycles. The average molecular weight is 467 g/mol. The van der Waals surface area contributed by atoms with Gasteiger partial charge in [0.25, 0.3) is 0 Å². The van der Waals surface area contributed by atoms with Crippen LogP contribution in [-0.2, 0) is 26.6 Å². The van der Waals surface area contributed by atoms with E-state index in [1.54, 1.807) is 11.6 Å². The molecule has 0 saturated carbocycles. The van der Waals surface area contributed by atoms with E-state index in [0.29, 0.717) is 12.2 Å². The minimum atomic E-state index is -3.88. The minimum absolute atomic E-state index is 0.0192. The summed E-state index contributed by atoms with van der Waals surface area (Å²) < 4.78 is 55.7. The third kappa shape index (κ3) is 3.94. The van der Waals surface area contributed by atoms with E-state index in [4.69, 9.17) is 23.2 Å². The summed E-state index contributed by atoms with van der Waals surface area (Å²) in [5.74, 6) is 0.